The van der Waals surface area contributed by atoms with Gasteiger partial charge in [-0.1, -0.05) is 48.5 Å². The molecule has 5 aromatic rings. The molecule has 0 aliphatic carbocycles. The van der Waals surface area contributed by atoms with Crippen LogP contribution in [-0.4, -0.2) is 32.5 Å². The van der Waals surface area contributed by atoms with Crippen LogP contribution in [0.1, 0.15) is 15.9 Å². The summed E-state index contributed by atoms with van der Waals surface area (Å²) < 4.78 is 7.43. The summed E-state index contributed by atoms with van der Waals surface area (Å²) in [7, 11) is 1.61. The zero-order chi connectivity index (χ0) is 21.9. The lowest BCUT2D eigenvalue weighted by Gasteiger charge is -2.09. The molecule has 0 saturated carbocycles. The molecule has 2 heterocycles. The van der Waals surface area contributed by atoms with Crippen LogP contribution in [0, 0.1) is 0 Å². The summed E-state index contributed by atoms with van der Waals surface area (Å²) in [5.41, 5.74) is 4.93. The van der Waals surface area contributed by atoms with Gasteiger partial charge >= 0.3 is 0 Å². The number of ether oxygens (including phenoxy) is 1. The molecule has 0 aliphatic heterocycles. The third-order valence-electron chi connectivity index (χ3n) is 5.32. The Hall–Kier alpha value is -4.39. The molecule has 32 heavy (non-hydrogen) atoms. The molecule has 0 aliphatic rings. The second-order valence-electron chi connectivity index (χ2n) is 7.34. The number of aromatic nitrogens is 4. The van der Waals surface area contributed by atoms with E-state index in [0.717, 1.165) is 27.7 Å². The van der Waals surface area contributed by atoms with Crippen molar-refractivity contribution in [3.63, 3.8) is 0 Å². The Morgan fingerprint density at radius 1 is 1.06 bits per heavy atom. The molecular formula is C25H21N5O2. The Kier molecular flexibility index (Phi) is 5.13. The number of carbonyl (C=O) groups is 1. The van der Waals surface area contributed by atoms with Crippen molar-refractivity contribution in [3.05, 3.63) is 96.6 Å². The topological polar surface area (TPSA) is 84.8 Å². The predicted octanol–water partition coefficient (Wildman–Crippen LogP) is 4.74. The number of rotatable bonds is 6. The number of H-pyrrole nitrogens is 1. The van der Waals surface area contributed by atoms with Gasteiger partial charge in [-0.05, 0) is 29.3 Å². The van der Waals surface area contributed by atoms with E-state index in [0.29, 0.717) is 23.8 Å². The molecule has 0 fully saturated rings. The van der Waals surface area contributed by atoms with Crippen molar-refractivity contribution in [2.24, 2.45) is 0 Å². The lowest BCUT2D eigenvalue weighted by atomic mass is 10.0. The molecule has 7 nitrogen and oxygen atoms in total. The number of imidazole rings is 2. The molecule has 5 rings (SSSR count). The molecule has 7 heteroatoms. The number of nitrogens with zero attached hydrogens (tertiary/aromatic N) is 3. The maximum absolute atomic E-state index is 13.1. The fraction of sp³-hybridized carbons (Fsp3) is 0.0800. The van der Waals surface area contributed by atoms with Crippen LogP contribution in [0.2, 0.25) is 0 Å². The first-order valence-electron chi connectivity index (χ1n) is 10.2. The van der Waals surface area contributed by atoms with Crippen molar-refractivity contribution >= 4 is 22.9 Å². The molecule has 2 N–H and O–H groups in total. The minimum atomic E-state index is -0.236. The van der Waals surface area contributed by atoms with E-state index in [2.05, 4.69) is 20.3 Å². The number of nitrogens with one attached hydrogen (secondary N) is 2. The van der Waals surface area contributed by atoms with E-state index < -0.39 is 0 Å². The fourth-order valence-electron chi connectivity index (χ4n) is 3.78. The number of hydrogen-bond acceptors (Lipinski definition) is 4. The first-order valence-corrected chi connectivity index (χ1v) is 10.2. The third-order valence-corrected chi connectivity index (χ3v) is 5.32. The largest absolute Gasteiger partial charge is 0.494 e. The number of benzene rings is 3. The van der Waals surface area contributed by atoms with Gasteiger partial charge in [-0.15, -0.1) is 0 Å². The molecule has 1 amide bonds. The van der Waals surface area contributed by atoms with Gasteiger partial charge in [0.1, 0.15) is 16.8 Å². The van der Waals surface area contributed by atoms with Crippen LogP contribution in [0.3, 0.4) is 0 Å². The number of methoxy groups -OCH3 is 1. The van der Waals surface area contributed by atoms with Crippen LogP contribution >= 0.6 is 0 Å². The zero-order valence-corrected chi connectivity index (χ0v) is 17.4. The highest BCUT2D eigenvalue weighted by Crippen LogP contribution is 2.34. The Bertz CT molecular complexity index is 1370. The molecule has 0 saturated heterocycles. The molecule has 3 aromatic carbocycles. The maximum atomic E-state index is 13.1. The van der Waals surface area contributed by atoms with Gasteiger partial charge in [-0.25, -0.2) is 9.97 Å². The number of anilines is 1. The number of fused-ring (bicyclic) bond motifs is 1. The van der Waals surface area contributed by atoms with E-state index in [9.17, 15) is 4.79 Å². The highest BCUT2D eigenvalue weighted by molar-refractivity contribution is 6.06. The van der Waals surface area contributed by atoms with E-state index in [4.69, 9.17) is 4.74 Å². The van der Waals surface area contributed by atoms with Crippen molar-refractivity contribution in [1.29, 1.82) is 0 Å². The van der Waals surface area contributed by atoms with E-state index in [1.165, 1.54) is 0 Å². The van der Waals surface area contributed by atoms with Crippen molar-refractivity contribution in [2.75, 3.05) is 12.4 Å². The number of carbonyl (C=O) groups excluding carboxylic acids is 1. The van der Waals surface area contributed by atoms with Gasteiger partial charge in [0.2, 0.25) is 5.95 Å². The van der Waals surface area contributed by atoms with Gasteiger partial charge in [-0.2, -0.15) is 0 Å². The minimum Gasteiger partial charge on any atom is -0.494 e. The second kappa shape index (κ2) is 8.39. The summed E-state index contributed by atoms with van der Waals surface area (Å²) in [6.07, 6.45) is 5.31. The van der Waals surface area contributed by atoms with Crippen LogP contribution in [0.5, 0.6) is 5.75 Å². The first kappa shape index (κ1) is 19.6. The SMILES string of the molecule is COc1ccc(-c2ccccc2)c2nc(NC(=O)c3ccccc3Cn3ccnc3)[nH]c12. The molecule has 0 bridgehead atoms. The number of hydrogen-bond donors (Lipinski definition) is 2. The summed E-state index contributed by atoms with van der Waals surface area (Å²) in [4.78, 5) is 25.1. The average molecular weight is 423 g/mol. The Balaban J connectivity index is 1.49. The van der Waals surface area contributed by atoms with E-state index in [-0.39, 0.29) is 5.91 Å². The molecule has 2 aromatic heterocycles. The van der Waals surface area contributed by atoms with Gasteiger partial charge in [-0.3, -0.25) is 10.1 Å². The molecule has 0 spiro atoms. The Morgan fingerprint density at radius 2 is 1.88 bits per heavy atom. The average Bonchev–Trinajstić information content (AvgIpc) is 3.49. The normalized spacial score (nSPS) is 10.9. The quantitative estimate of drug-likeness (QED) is 0.413. The monoisotopic (exact) mass is 423 g/mol. The molecule has 0 unspecified atom stereocenters. The maximum Gasteiger partial charge on any atom is 0.258 e. The molecular weight excluding hydrogens is 402 g/mol. The fourth-order valence-corrected chi connectivity index (χ4v) is 3.78. The Labute approximate surface area is 184 Å². The highest BCUT2D eigenvalue weighted by atomic mass is 16.5. The van der Waals surface area contributed by atoms with Gasteiger partial charge < -0.3 is 14.3 Å². The lowest BCUT2D eigenvalue weighted by Crippen LogP contribution is -2.16. The van der Waals surface area contributed by atoms with Gasteiger partial charge in [0.25, 0.3) is 5.91 Å². The summed E-state index contributed by atoms with van der Waals surface area (Å²) >= 11 is 0. The predicted molar refractivity (Wildman–Crippen MR) is 124 cm³/mol. The molecule has 0 atom stereocenters. The van der Waals surface area contributed by atoms with Crippen molar-refractivity contribution in [3.8, 4) is 16.9 Å². The van der Waals surface area contributed by atoms with E-state index in [1.54, 1.807) is 25.7 Å². The van der Waals surface area contributed by atoms with Crippen LogP contribution in [0.25, 0.3) is 22.2 Å². The van der Waals surface area contributed by atoms with Crippen molar-refractivity contribution < 1.29 is 9.53 Å². The third kappa shape index (κ3) is 3.72. The zero-order valence-electron chi connectivity index (χ0n) is 17.4. The highest BCUT2D eigenvalue weighted by Gasteiger charge is 2.17. The first-order chi connectivity index (χ1) is 15.7. The number of aromatic amines is 1. The smallest absolute Gasteiger partial charge is 0.258 e. The van der Waals surface area contributed by atoms with Gasteiger partial charge in [0, 0.05) is 30.1 Å². The summed E-state index contributed by atoms with van der Waals surface area (Å²) in [6.45, 7) is 0.551. The summed E-state index contributed by atoms with van der Waals surface area (Å²) in [6, 6.07) is 21.4. The van der Waals surface area contributed by atoms with Crippen LogP contribution in [0.4, 0.5) is 5.95 Å². The Morgan fingerprint density at radius 3 is 2.66 bits per heavy atom. The van der Waals surface area contributed by atoms with Crippen LogP contribution in [-0.2, 0) is 6.54 Å². The van der Waals surface area contributed by atoms with Crippen LogP contribution < -0.4 is 10.1 Å². The van der Waals surface area contributed by atoms with Crippen molar-refractivity contribution in [1.82, 2.24) is 19.5 Å². The second-order valence-corrected chi connectivity index (χ2v) is 7.34. The lowest BCUT2D eigenvalue weighted by molar-refractivity contribution is 0.102. The van der Waals surface area contributed by atoms with E-state index >= 15 is 0 Å². The van der Waals surface area contributed by atoms with Gasteiger partial charge in [0.15, 0.2) is 0 Å². The number of amides is 1. The standard InChI is InChI=1S/C25H21N5O2/c1-32-21-12-11-19(17-7-3-2-4-8-17)22-23(21)28-25(27-22)29-24(31)20-10-6-5-9-18(20)15-30-14-13-26-16-30/h2-14,16H,15H2,1H3,(H2,27,28,29,31). The van der Waals surface area contributed by atoms with E-state index in [1.807, 2.05) is 71.4 Å². The molecule has 158 valence electrons. The van der Waals surface area contributed by atoms with Crippen molar-refractivity contribution in [2.45, 2.75) is 6.54 Å². The molecule has 0 radical (unpaired) electrons. The minimum absolute atomic E-state index is 0.236. The summed E-state index contributed by atoms with van der Waals surface area (Å²) in [5.74, 6) is 0.789. The van der Waals surface area contributed by atoms with Crippen LogP contribution in [0.15, 0.2) is 85.5 Å². The van der Waals surface area contributed by atoms with Gasteiger partial charge in [0.05, 0.1) is 13.4 Å². The summed E-state index contributed by atoms with van der Waals surface area (Å²) in [5, 5.41) is 2.91.